The van der Waals surface area contributed by atoms with Gasteiger partial charge >= 0.3 is 6.09 Å². The van der Waals surface area contributed by atoms with E-state index < -0.39 is 0 Å². The van der Waals surface area contributed by atoms with E-state index >= 15 is 0 Å². The third-order valence-corrected chi connectivity index (χ3v) is 3.68. The van der Waals surface area contributed by atoms with E-state index in [1.165, 1.54) is 24.3 Å². The summed E-state index contributed by atoms with van der Waals surface area (Å²) in [5.74, 6) is -0.438. The first kappa shape index (κ1) is 17.2. The molecule has 0 atom stereocenters. The lowest BCUT2D eigenvalue weighted by Gasteiger charge is -2.33. The highest BCUT2D eigenvalue weighted by Gasteiger charge is 2.21. The first-order chi connectivity index (χ1) is 11.1. The van der Waals surface area contributed by atoms with E-state index in [4.69, 9.17) is 4.74 Å². The van der Waals surface area contributed by atoms with Crippen molar-refractivity contribution in [2.24, 2.45) is 0 Å². The number of piperazine rings is 1. The summed E-state index contributed by atoms with van der Waals surface area (Å²) in [7, 11) is 0. The molecular weight excluding hydrogens is 301 g/mol. The molecule has 1 saturated heterocycles. The molecule has 1 N–H and O–H groups in total. The molecule has 0 unspecified atom stereocenters. The van der Waals surface area contributed by atoms with Crippen LogP contribution in [0.4, 0.5) is 14.9 Å². The quantitative estimate of drug-likeness (QED) is 0.899. The normalized spacial score (nSPS) is 15.3. The van der Waals surface area contributed by atoms with Crippen LogP contribution < -0.4 is 5.32 Å². The van der Waals surface area contributed by atoms with Gasteiger partial charge in [0.1, 0.15) is 5.82 Å². The second-order valence-electron chi connectivity index (χ2n) is 5.33. The third-order valence-electron chi connectivity index (χ3n) is 3.68. The minimum atomic E-state index is -0.331. The Morgan fingerprint density at radius 3 is 2.43 bits per heavy atom. The molecule has 0 spiro atoms. The van der Waals surface area contributed by atoms with Gasteiger partial charge in [-0.3, -0.25) is 9.69 Å². The number of carbonyl (C=O) groups is 2. The van der Waals surface area contributed by atoms with Crippen LogP contribution in [0.1, 0.15) is 13.3 Å². The van der Waals surface area contributed by atoms with Crippen molar-refractivity contribution < 1.29 is 18.7 Å². The largest absolute Gasteiger partial charge is 0.450 e. The second-order valence-corrected chi connectivity index (χ2v) is 5.33. The van der Waals surface area contributed by atoms with Gasteiger partial charge < -0.3 is 15.0 Å². The van der Waals surface area contributed by atoms with Gasteiger partial charge in [0.05, 0.1) is 6.61 Å². The van der Waals surface area contributed by atoms with Crippen LogP contribution >= 0.6 is 0 Å². The fraction of sp³-hybridized carbons (Fsp3) is 0.500. The van der Waals surface area contributed by atoms with Gasteiger partial charge in [-0.25, -0.2) is 9.18 Å². The van der Waals surface area contributed by atoms with E-state index in [2.05, 4.69) is 10.2 Å². The molecule has 0 bridgehead atoms. The Bertz CT molecular complexity index is 528. The summed E-state index contributed by atoms with van der Waals surface area (Å²) in [4.78, 5) is 27.3. The first-order valence-corrected chi connectivity index (χ1v) is 7.78. The number of halogens is 1. The molecule has 23 heavy (non-hydrogen) atoms. The first-order valence-electron chi connectivity index (χ1n) is 7.78. The highest BCUT2D eigenvalue weighted by atomic mass is 19.1. The number of ether oxygens (including phenoxy) is 1. The maximum Gasteiger partial charge on any atom is 0.409 e. The predicted octanol–water partition coefficient (Wildman–Crippen LogP) is 1.93. The van der Waals surface area contributed by atoms with Gasteiger partial charge in [0.15, 0.2) is 0 Å². The van der Waals surface area contributed by atoms with Crippen molar-refractivity contribution in [1.29, 1.82) is 0 Å². The molecule has 1 aromatic carbocycles. The van der Waals surface area contributed by atoms with Gasteiger partial charge in [-0.1, -0.05) is 0 Å². The highest BCUT2D eigenvalue weighted by molar-refractivity contribution is 5.90. The summed E-state index contributed by atoms with van der Waals surface area (Å²) in [6, 6.07) is 5.69. The Balaban J connectivity index is 1.67. The number of anilines is 1. The fourth-order valence-electron chi connectivity index (χ4n) is 2.39. The van der Waals surface area contributed by atoms with E-state index in [1.807, 2.05) is 0 Å². The summed E-state index contributed by atoms with van der Waals surface area (Å²) in [6.45, 7) is 5.46. The van der Waals surface area contributed by atoms with Crippen LogP contribution in [0.5, 0.6) is 0 Å². The average molecular weight is 323 g/mol. The van der Waals surface area contributed by atoms with Gasteiger partial charge in [0, 0.05) is 44.8 Å². The minimum Gasteiger partial charge on any atom is -0.450 e. The minimum absolute atomic E-state index is 0.107. The van der Waals surface area contributed by atoms with Gasteiger partial charge in [-0.15, -0.1) is 0 Å². The molecule has 0 aliphatic carbocycles. The number of rotatable bonds is 5. The van der Waals surface area contributed by atoms with Crippen molar-refractivity contribution in [2.45, 2.75) is 13.3 Å². The molecule has 0 aromatic heterocycles. The number of amides is 2. The highest BCUT2D eigenvalue weighted by Crippen LogP contribution is 2.09. The Kier molecular flexibility index (Phi) is 6.34. The van der Waals surface area contributed by atoms with Crippen LogP contribution in [0, 0.1) is 5.82 Å². The van der Waals surface area contributed by atoms with Crippen LogP contribution in [0.3, 0.4) is 0 Å². The molecule has 0 radical (unpaired) electrons. The zero-order chi connectivity index (χ0) is 16.7. The van der Waals surface area contributed by atoms with Crippen LogP contribution in [-0.4, -0.2) is 61.1 Å². The smallest absolute Gasteiger partial charge is 0.409 e. The number of nitrogens with zero attached hydrogens (tertiary/aromatic N) is 2. The molecule has 126 valence electrons. The lowest BCUT2D eigenvalue weighted by atomic mass is 10.2. The van der Waals surface area contributed by atoms with Gasteiger partial charge in [-0.2, -0.15) is 0 Å². The van der Waals surface area contributed by atoms with E-state index in [9.17, 15) is 14.0 Å². The van der Waals surface area contributed by atoms with Crippen LogP contribution in [0.15, 0.2) is 24.3 Å². The van der Waals surface area contributed by atoms with E-state index in [1.54, 1.807) is 11.8 Å². The fourth-order valence-corrected chi connectivity index (χ4v) is 2.39. The van der Waals surface area contributed by atoms with E-state index in [0.717, 1.165) is 13.1 Å². The topological polar surface area (TPSA) is 61.9 Å². The molecule has 2 rings (SSSR count). The van der Waals surface area contributed by atoms with Crippen molar-refractivity contribution in [2.75, 3.05) is 44.6 Å². The molecule has 1 aliphatic rings. The van der Waals surface area contributed by atoms with Gasteiger partial charge in [0.25, 0.3) is 0 Å². The summed E-state index contributed by atoms with van der Waals surface area (Å²) in [6.07, 6.45) is 0.0813. The van der Waals surface area contributed by atoms with Crippen molar-refractivity contribution in [3.05, 3.63) is 30.1 Å². The third kappa shape index (κ3) is 5.52. The Morgan fingerprint density at radius 2 is 1.83 bits per heavy atom. The average Bonchev–Trinajstić information content (AvgIpc) is 2.56. The lowest BCUT2D eigenvalue weighted by molar-refractivity contribution is -0.116. The monoisotopic (exact) mass is 323 g/mol. The van der Waals surface area contributed by atoms with E-state index in [-0.39, 0.29) is 17.8 Å². The van der Waals surface area contributed by atoms with Gasteiger partial charge in [-0.05, 0) is 31.2 Å². The van der Waals surface area contributed by atoms with E-state index in [0.29, 0.717) is 38.3 Å². The maximum atomic E-state index is 12.8. The number of hydrogen-bond donors (Lipinski definition) is 1. The Hall–Kier alpha value is -2.15. The van der Waals surface area contributed by atoms with Gasteiger partial charge in [0.2, 0.25) is 5.91 Å². The van der Waals surface area contributed by atoms with Crippen LogP contribution in [0.25, 0.3) is 0 Å². The van der Waals surface area contributed by atoms with Crippen LogP contribution in [-0.2, 0) is 9.53 Å². The molecule has 2 amide bonds. The molecule has 6 nitrogen and oxygen atoms in total. The molecule has 7 heteroatoms. The molecule has 0 saturated carbocycles. The van der Waals surface area contributed by atoms with Crippen molar-refractivity contribution >= 4 is 17.7 Å². The number of carbonyl (C=O) groups excluding carboxylic acids is 2. The van der Waals surface area contributed by atoms with Crippen molar-refractivity contribution in [3.63, 3.8) is 0 Å². The molecular formula is C16H22FN3O3. The predicted molar refractivity (Wildman–Crippen MR) is 84.7 cm³/mol. The number of nitrogens with one attached hydrogen (secondary N) is 1. The SMILES string of the molecule is CCOC(=O)N1CCN(CCC(=O)Nc2ccc(F)cc2)CC1. The zero-order valence-electron chi connectivity index (χ0n) is 13.3. The molecule has 1 heterocycles. The summed E-state index contributed by atoms with van der Waals surface area (Å²) < 4.78 is 17.8. The van der Waals surface area contributed by atoms with Crippen LogP contribution in [0.2, 0.25) is 0 Å². The molecule has 1 aliphatic heterocycles. The Morgan fingerprint density at radius 1 is 1.17 bits per heavy atom. The standard InChI is InChI=1S/C16H22FN3O3/c1-2-23-16(22)20-11-9-19(10-12-20)8-7-15(21)18-14-5-3-13(17)4-6-14/h3-6H,2,7-12H2,1H3,(H,18,21). The number of benzene rings is 1. The summed E-state index contributed by atoms with van der Waals surface area (Å²) >= 11 is 0. The maximum absolute atomic E-state index is 12.8. The molecule has 1 aromatic rings. The summed E-state index contributed by atoms with van der Waals surface area (Å²) in [5.41, 5.74) is 0.587. The second kappa shape index (κ2) is 8.47. The number of hydrogen-bond acceptors (Lipinski definition) is 4. The molecule has 1 fully saturated rings. The van der Waals surface area contributed by atoms with Crippen molar-refractivity contribution in [3.8, 4) is 0 Å². The lowest BCUT2D eigenvalue weighted by Crippen LogP contribution is -2.49. The summed E-state index contributed by atoms with van der Waals surface area (Å²) in [5, 5.41) is 2.74. The Labute approximate surface area is 135 Å². The zero-order valence-corrected chi connectivity index (χ0v) is 13.3. The van der Waals surface area contributed by atoms with Crippen molar-refractivity contribution in [1.82, 2.24) is 9.80 Å².